The van der Waals surface area contributed by atoms with E-state index in [9.17, 15) is 8.42 Å². The van der Waals surface area contributed by atoms with Crippen LogP contribution in [0.15, 0.2) is 18.2 Å². The summed E-state index contributed by atoms with van der Waals surface area (Å²) in [5.41, 5.74) is 6.45. The Hall–Kier alpha value is -0.940. The molecule has 0 bridgehead atoms. The SMILES string of the molecule is Nc1ccc(Cl)c(NS(=O)(=O)C2CCCC2)c1. The monoisotopic (exact) mass is 274 g/mol. The highest BCUT2D eigenvalue weighted by atomic mass is 35.5. The molecule has 1 fully saturated rings. The largest absolute Gasteiger partial charge is 0.399 e. The second-order valence-corrected chi connectivity index (χ2v) is 6.66. The zero-order chi connectivity index (χ0) is 12.5. The predicted octanol–water partition coefficient (Wildman–Crippen LogP) is 2.61. The average molecular weight is 275 g/mol. The first-order valence-electron chi connectivity index (χ1n) is 5.56. The number of sulfonamides is 1. The molecule has 0 heterocycles. The van der Waals surface area contributed by atoms with Crippen LogP contribution >= 0.6 is 11.6 Å². The van der Waals surface area contributed by atoms with E-state index < -0.39 is 10.0 Å². The van der Waals surface area contributed by atoms with Gasteiger partial charge >= 0.3 is 0 Å². The summed E-state index contributed by atoms with van der Waals surface area (Å²) in [5, 5.41) is 0.0563. The number of nitrogens with one attached hydrogen (secondary N) is 1. The summed E-state index contributed by atoms with van der Waals surface area (Å²) >= 11 is 5.93. The number of nitrogen functional groups attached to an aromatic ring is 1. The molecule has 1 aromatic rings. The van der Waals surface area contributed by atoms with Crippen molar-refractivity contribution in [2.75, 3.05) is 10.5 Å². The summed E-state index contributed by atoms with van der Waals surface area (Å²) in [6, 6.07) is 4.76. The number of hydrogen-bond acceptors (Lipinski definition) is 3. The molecule has 1 aliphatic carbocycles. The molecule has 0 radical (unpaired) electrons. The van der Waals surface area contributed by atoms with Crippen molar-refractivity contribution in [3.8, 4) is 0 Å². The molecule has 94 valence electrons. The molecule has 2 rings (SSSR count). The summed E-state index contributed by atoms with van der Waals surface area (Å²) in [7, 11) is -3.34. The van der Waals surface area contributed by atoms with Gasteiger partial charge in [0.05, 0.1) is 16.0 Å². The molecule has 1 aliphatic rings. The zero-order valence-electron chi connectivity index (χ0n) is 9.32. The number of anilines is 2. The van der Waals surface area contributed by atoms with Gasteiger partial charge in [-0.1, -0.05) is 24.4 Å². The summed E-state index contributed by atoms with van der Waals surface area (Å²) in [6.07, 6.45) is 3.37. The number of rotatable bonds is 3. The Bertz CT molecular complexity index is 510. The van der Waals surface area contributed by atoms with E-state index in [0.717, 1.165) is 25.7 Å². The van der Waals surface area contributed by atoms with E-state index in [1.807, 2.05) is 0 Å². The third-order valence-corrected chi connectivity index (χ3v) is 5.17. The Morgan fingerprint density at radius 1 is 1.29 bits per heavy atom. The topological polar surface area (TPSA) is 72.2 Å². The molecule has 0 atom stereocenters. The second-order valence-electron chi connectivity index (χ2n) is 4.29. The molecule has 4 nitrogen and oxygen atoms in total. The number of hydrogen-bond donors (Lipinski definition) is 2. The van der Waals surface area contributed by atoms with Crippen molar-refractivity contribution in [1.82, 2.24) is 0 Å². The summed E-state index contributed by atoms with van der Waals surface area (Å²) in [6.45, 7) is 0. The Kier molecular flexibility index (Phi) is 3.49. The van der Waals surface area contributed by atoms with Gasteiger partial charge in [-0.2, -0.15) is 0 Å². The van der Waals surface area contributed by atoms with Crippen molar-refractivity contribution in [2.45, 2.75) is 30.9 Å². The molecular weight excluding hydrogens is 260 g/mol. The van der Waals surface area contributed by atoms with E-state index >= 15 is 0 Å². The first-order chi connectivity index (χ1) is 7.99. The van der Waals surface area contributed by atoms with Gasteiger partial charge in [-0.3, -0.25) is 4.72 Å². The molecule has 0 saturated heterocycles. The van der Waals surface area contributed by atoms with Crippen LogP contribution in [-0.4, -0.2) is 13.7 Å². The van der Waals surface area contributed by atoms with Crippen LogP contribution in [0.2, 0.25) is 5.02 Å². The Balaban J connectivity index is 2.22. The van der Waals surface area contributed by atoms with Gasteiger partial charge in [-0.05, 0) is 31.0 Å². The maximum Gasteiger partial charge on any atom is 0.235 e. The Morgan fingerprint density at radius 3 is 2.59 bits per heavy atom. The molecular formula is C11H15ClN2O2S. The lowest BCUT2D eigenvalue weighted by Gasteiger charge is -2.14. The van der Waals surface area contributed by atoms with E-state index in [-0.39, 0.29) is 5.25 Å². The van der Waals surface area contributed by atoms with Crippen LogP contribution in [0.1, 0.15) is 25.7 Å². The van der Waals surface area contributed by atoms with Gasteiger partial charge in [0.25, 0.3) is 0 Å². The highest BCUT2D eigenvalue weighted by Gasteiger charge is 2.29. The van der Waals surface area contributed by atoms with Gasteiger partial charge in [-0.15, -0.1) is 0 Å². The van der Waals surface area contributed by atoms with Crippen LogP contribution in [0.25, 0.3) is 0 Å². The number of nitrogens with two attached hydrogens (primary N) is 1. The van der Waals surface area contributed by atoms with Crippen molar-refractivity contribution in [1.29, 1.82) is 0 Å². The van der Waals surface area contributed by atoms with Crippen LogP contribution < -0.4 is 10.5 Å². The predicted molar refractivity (Wildman–Crippen MR) is 70.7 cm³/mol. The molecule has 0 spiro atoms. The van der Waals surface area contributed by atoms with E-state index in [2.05, 4.69) is 4.72 Å². The first-order valence-corrected chi connectivity index (χ1v) is 7.48. The molecule has 3 N–H and O–H groups in total. The smallest absolute Gasteiger partial charge is 0.235 e. The van der Waals surface area contributed by atoms with Crippen molar-refractivity contribution >= 4 is 33.0 Å². The van der Waals surface area contributed by atoms with Crippen molar-refractivity contribution in [3.63, 3.8) is 0 Å². The molecule has 17 heavy (non-hydrogen) atoms. The van der Waals surface area contributed by atoms with Crippen LogP contribution in [0, 0.1) is 0 Å². The minimum absolute atomic E-state index is 0.306. The van der Waals surface area contributed by atoms with Crippen molar-refractivity contribution in [3.05, 3.63) is 23.2 Å². The average Bonchev–Trinajstić information content (AvgIpc) is 2.77. The normalized spacial score (nSPS) is 17.2. The fourth-order valence-electron chi connectivity index (χ4n) is 2.06. The molecule has 1 saturated carbocycles. The molecule has 0 aromatic heterocycles. The van der Waals surface area contributed by atoms with Crippen molar-refractivity contribution in [2.24, 2.45) is 0 Å². The summed E-state index contributed by atoms with van der Waals surface area (Å²) in [4.78, 5) is 0. The van der Waals surface area contributed by atoms with Gasteiger partial charge < -0.3 is 5.73 Å². The Morgan fingerprint density at radius 2 is 1.94 bits per heavy atom. The molecule has 1 aromatic carbocycles. The zero-order valence-corrected chi connectivity index (χ0v) is 10.9. The van der Waals surface area contributed by atoms with E-state index in [1.165, 1.54) is 6.07 Å². The fourth-order valence-corrected chi connectivity index (χ4v) is 3.87. The van der Waals surface area contributed by atoms with Crippen LogP contribution in [0.5, 0.6) is 0 Å². The first kappa shape index (κ1) is 12.5. The Labute approximate surface area is 106 Å². The number of halogens is 1. The van der Waals surface area contributed by atoms with E-state index in [0.29, 0.717) is 16.4 Å². The lowest BCUT2D eigenvalue weighted by atomic mass is 10.3. The molecule has 0 amide bonds. The highest BCUT2D eigenvalue weighted by Crippen LogP contribution is 2.29. The standard InChI is InChI=1S/C11H15ClN2O2S/c12-10-6-5-8(13)7-11(10)14-17(15,16)9-3-1-2-4-9/h5-7,9,14H,1-4,13H2. The van der Waals surface area contributed by atoms with Crippen LogP contribution in [-0.2, 0) is 10.0 Å². The van der Waals surface area contributed by atoms with Gasteiger partial charge in [0.1, 0.15) is 0 Å². The van der Waals surface area contributed by atoms with Gasteiger partial charge in [0.15, 0.2) is 0 Å². The third-order valence-electron chi connectivity index (χ3n) is 2.98. The van der Waals surface area contributed by atoms with Gasteiger partial charge in [0, 0.05) is 5.69 Å². The second kappa shape index (κ2) is 4.74. The fraction of sp³-hybridized carbons (Fsp3) is 0.455. The molecule has 6 heteroatoms. The van der Waals surface area contributed by atoms with Crippen molar-refractivity contribution < 1.29 is 8.42 Å². The molecule has 0 aliphatic heterocycles. The number of benzene rings is 1. The maximum absolute atomic E-state index is 12.1. The van der Waals surface area contributed by atoms with Crippen LogP contribution in [0.3, 0.4) is 0 Å². The lowest BCUT2D eigenvalue weighted by Crippen LogP contribution is -2.25. The minimum atomic E-state index is -3.34. The summed E-state index contributed by atoms with van der Waals surface area (Å²) < 4.78 is 26.6. The molecule has 0 unspecified atom stereocenters. The minimum Gasteiger partial charge on any atom is -0.399 e. The van der Waals surface area contributed by atoms with Crippen LogP contribution in [0.4, 0.5) is 11.4 Å². The van der Waals surface area contributed by atoms with Gasteiger partial charge in [-0.25, -0.2) is 8.42 Å². The highest BCUT2D eigenvalue weighted by molar-refractivity contribution is 7.93. The van der Waals surface area contributed by atoms with E-state index in [1.54, 1.807) is 12.1 Å². The third kappa shape index (κ3) is 2.84. The van der Waals surface area contributed by atoms with Gasteiger partial charge in [0.2, 0.25) is 10.0 Å². The summed E-state index contributed by atoms with van der Waals surface area (Å²) in [5.74, 6) is 0. The van der Waals surface area contributed by atoms with E-state index in [4.69, 9.17) is 17.3 Å². The lowest BCUT2D eigenvalue weighted by molar-refractivity contribution is 0.585. The quantitative estimate of drug-likeness (QED) is 0.832. The maximum atomic E-state index is 12.1.